The van der Waals surface area contributed by atoms with Crippen LogP contribution in [0.25, 0.3) is 0 Å². The van der Waals surface area contributed by atoms with Gasteiger partial charge in [-0.05, 0) is 32.4 Å². The van der Waals surface area contributed by atoms with Crippen LogP contribution in [0.5, 0.6) is 5.88 Å². The molecule has 122 valence electrons. The quantitative estimate of drug-likeness (QED) is 0.845. The Hall–Kier alpha value is -1.37. The number of hydrogen-bond donors (Lipinski definition) is 0. The van der Waals surface area contributed by atoms with Crippen LogP contribution in [-0.2, 0) is 14.2 Å². The molecule has 6 nitrogen and oxygen atoms in total. The Morgan fingerprint density at radius 2 is 2.09 bits per heavy atom. The molecule has 3 heterocycles. The van der Waals surface area contributed by atoms with E-state index in [9.17, 15) is 0 Å². The minimum Gasteiger partial charge on any atom is -0.475 e. The van der Waals surface area contributed by atoms with E-state index in [1.165, 1.54) is 0 Å². The molecule has 1 aromatic heterocycles. The van der Waals surface area contributed by atoms with Crippen molar-refractivity contribution in [3.05, 3.63) is 17.7 Å². The maximum absolute atomic E-state index is 5.82. The van der Waals surface area contributed by atoms with E-state index in [0.717, 1.165) is 37.7 Å². The molecule has 22 heavy (non-hydrogen) atoms. The zero-order valence-corrected chi connectivity index (χ0v) is 13.5. The SMILES string of the molecule is Cc1cc(OCC2COC(C)(C)O2)nc(N2CCOCC2)c1. The van der Waals surface area contributed by atoms with Crippen LogP contribution in [0.1, 0.15) is 19.4 Å². The molecule has 2 aliphatic rings. The van der Waals surface area contributed by atoms with Crippen LogP contribution >= 0.6 is 0 Å². The Kier molecular flexibility index (Phi) is 4.52. The molecule has 0 spiro atoms. The highest BCUT2D eigenvalue weighted by molar-refractivity contribution is 5.44. The number of morpholine rings is 1. The van der Waals surface area contributed by atoms with Gasteiger partial charge in [0.05, 0.1) is 19.8 Å². The van der Waals surface area contributed by atoms with E-state index in [-0.39, 0.29) is 6.10 Å². The van der Waals surface area contributed by atoms with Crippen LogP contribution in [0.4, 0.5) is 5.82 Å². The Bertz CT molecular complexity index is 515. The van der Waals surface area contributed by atoms with Gasteiger partial charge >= 0.3 is 0 Å². The van der Waals surface area contributed by atoms with E-state index in [1.54, 1.807) is 0 Å². The van der Waals surface area contributed by atoms with Crippen LogP contribution in [0.2, 0.25) is 0 Å². The van der Waals surface area contributed by atoms with Gasteiger partial charge in [0.1, 0.15) is 18.5 Å². The molecule has 0 N–H and O–H groups in total. The molecule has 2 aliphatic heterocycles. The lowest BCUT2D eigenvalue weighted by Gasteiger charge is -2.28. The summed E-state index contributed by atoms with van der Waals surface area (Å²) in [5.41, 5.74) is 1.13. The first-order valence-electron chi connectivity index (χ1n) is 7.78. The Morgan fingerprint density at radius 3 is 2.77 bits per heavy atom. The van der Waals surface area contributed by atoms with Crippen LogP contribution in [0.3, 0.4) is 0 Å². The minimum atomic E-state index is -0.521. The summed E-state index contributed by atoms with van der Waals surface area (Å²) in [5, 5.41) is 0. The monoisotopic (exact) mass is 308 g/mol. The summed E-state index contributed by atoms with van der Waals surface area (Å²) in [6.45, 7) is 10.1. The van der Waals surface area contributed by atoms with E-state index in [1.807, 2.05) is 19.9 Å². The van der Waals surface area contributed by atoms with Crippen molar-refractivity contribution in [2.45, 2.75) is 32.7 Å². The number of rotatable bonds is 4. The summed E-state index contributed by atoms with van der Waals surface area (Å²) >= 11 is 0. The van der Waals surface area contributed by atoms with Gasteiger partial charge in [-0.2, -0.15) is 4.98 Å². The summed E-state index contributed by atoms with van der Waals surface area (Å²) in [7, 11) is 0. The molecular formula is C16H24N2O4. The predicted molar refractivity (Wildman–Crippen MR) is 82.4 cm³/mol. The van der Waals surface area contributed by atoms with Crippen molar-refractivity contribution < 1.29 is 18.9 Å². The van der Waals surface area contributed by atoms with Gasteiger partial charge in [-0.15, -0.1) is 0 Å². The highest BCUT2D eigenvalue weighted by atomic mass is 16.7. The second-order valence-corrected chi connectivity index (χ2v) is 6.20. The first-order valence-corrected chi connectivity index (χ1v) is 7.78. The fourth-order valence-electron chi connectivity index (χ4n) is 2.67. The first kappa shape index (κ1) is 15.5. The van der Waals surface area contributed by atoms with Gasteiger partial charge in [-0.3, -0.25) is 0 Å². The Morgan fingerprint density at radius 1 is 1.32 bits per heavy atom. The largest absolute Gasteiger partial charge is 0.475 e. The molecular weight excluding hydrogens is 284 g/mol. The average Bonchev–Trinajstić information content (AvgIpc) is 2.85. The van der Waals surface area contributed by atoms with E-state index in [4.69, 9.17) is 18.9 Å². The fourth-order valence-corrected chi connectivity index (χ4v) is 2.67. The lowest BCUT2D eigenvalue weighted by Crippen LogP contribution is -2.36. The molecule has 0 aliphatic carbocycles. The van der Waals surface area contributed by atoms with Crippen molar-refractivity contribution in [2.75, 3.05) is 44.4 Å². The lowest BCUT2D eigenvalue weighted by molar-refractivity contribution is -0.141. The fraction of sp³-hybridized carbons (Fsp3) is 0.688. The molecule has 2 fully saturated rings. The summed E-state index contributed by atoms with van der Waals surface area (Å²) in [6, 6.07) is 4.03. The van der Waals surface area contributed by atoms with Gasteiger partial charge in [0, 0.05) is 19.2 Å². The zero-order valence-electron chi connectivity index (χ0n) is 13.5. The van der Waals surface area contributed by atoms with E-state index < -0.39 is 5.79 Å². The number of aryl methyl sites for hydroxylation is 1. The van der Waals surface area contributed by atoms with Crippen LogP contribution < -0.4 is 9.64 Å². The number of nitrogens with zero attached hydrogens (tertiary/aromatic N) is 2. The summed E-state index contributed by atoms with van der Waals surface area (Å²) in [4.78, 5) is 6.83. The van der Waals surface area contributed by atoms with Crippen molar-refractivity contribution >= 4 is 5.82 Å². The third kappa shape index (κ3) is 3.88. The van der Waals surface area contributed by atoms with Crippen LogP contribution in [0.15, 0.2) is 12.1 Å². The molecule has 1 unspecified atom stereocenters. The van der Waals surface area contributed by atoms with Crippen molar-refractivity contribution in [3.8, 4) is 5.88 Å². The number of anilines is 1. The van der Waals surface area contributed by atoms with Crippen molar-refractivity contribution in [1.29, 1.82) is 0 Å². The highest BCUT2D eigenvalue weighted by Gasteiger charge is 2.33. The molecule has 2 saturated heterocycles. The van der Waals surface area contributed by atoms with E-state index in [0.29, 0.717) is 19.1 Å². The molecule has 0 saturated carbocycles. The molecule has 6 heteroatoms. The molecule has 0 radical (unpaired) electrons. The van der Waals surface area contributed by atoms with E-state index >= 15 is 0 Å². The maximum Gasteiger partial charge on any atom is 0.215 e. The van der Waals surface area contributed by atoms with Crippen LogP contribution in [-0.4, -0.2) is 56.4 Å². The maximum atomic E-state index is 5.82. The van der Waals surface area contributed by atoms with E-state index in [2.05, 4.69) is 22.9 Å². The van der Waals surface area contributed by atoms with Crippen LogP contribution in [0, 0.1) is 6.92 Å². The number of ether oxygens (including phenoxy) is 4. The van der Waals surface area contributed by atoms with Crippen molar-refractivity contribution in [1.82, 2.24) is 4.98 Å². The second-order valence-electron chi connectivity index (χ2n) is 6.20. The van der Waals surface area contributed by atoms with Gasteiger partial charge < -0.3 is 23.8 Å². The average molecular weight is 308 g/mol. The smallest absolute Gasteiger partial charge is 0.215 e. The Balaban J connectivity index is 1.62. The number of hydrogen-bond acceptors (Lipinski definition) is 6. The first-order chi connectivity index (χ1) is 10.5. The third-order valence-corrected chi connectivity index (χ3v) is 3.75. The Labute approximate surface area is 131 Å². The topological polar surface area (TPSA) is 53.0 Å². The van der Waals surface area contributed by atoms with Gasteiger partial charge in [0.15, 0.2) is 5.79 Å². The van der Waals surface area contributed by atoms with Gasteiger partial charge in [0.25, 0.3) is 0 Å². The van der Waals surface area contributed by atoms with Gasteiger partial charge in [-0.25, -0.2) is 0 Å². The molecule has 1 atom stereocenters. The van der Waals surface area contributed by atoms with Crippen molar-refractivity contribution in [3.63, 3.8) is 0 Å². The van der Waals surface area contributed by atoms with Crippen molar-refractivity contribution in [2.24, 2.45) is 0 Å². The van der Waals surface area contributed by atoms with Gasteiger partial charge in [0.2, 0.25) is 5.88 Å². The molecule has 0 bridgehead atoms. The van der Waals surface area contributed by atoms with Gasteiger partial charge in [-0.1, -0.05) is 0 Å². The molecule has 3 rings (SSSR count). The summed E-state index contributed by atoms with van der Waals surface area (Å²) < 4.78 is 22.5. The zero-order chi connectivity index (χ0) is 15.6. The predicted octanol–water partition coefficient (Wildman–Crippen LogP) is 1.76. The highest BCUT2D eigenvalue weighted by Crippen LogP contribution is 2.24. The summed E-state index contributed by atoms with van der Waals surface area (Å²) in [6.07, 6.45) is -0.0517. The molecule has 1 aromatic rings. The molecule has 0 aromatic carbocycles. The second kappa shape index (κ2) is 6.40. The third-order valence-electron chi connectivity index (χ3n) is 3.75. The normalized spacial score (nSPS) is 24.5. The molecule has 0 amide bonds. The standard InChI is InChI=1S/C16H24N2O4/c1-12-8-14(18-4-6-19-7-5-18)17-15(9-12)20-10-13-11-21-16(2,3)22-13/h8-9,13H,4-7,10-11H2,1-3H3. The summed E-state index contributed by atoms with van der Waals surface area (Å²) in [5.74, 6) is 1.06. The number of aromatic nitrogens is 1. The number of pyridine rings is 1. The lowest BCUT2D eigenvalue weighted by atomic mass is 10.2. The minimum absolute atomic E-state index is 0.0517.